The first-order valence-corrected chi connectivity index (χ1v) is 12.0. The molecular weight excluding hydrogens is 410 g/mol. The highest BCUT2D eigenvalue weighted by Gasteiger charge is 2.11. The lowest BCUT2D eigenvalue weighted by atomic mass is 9.94. The predicted octanol–water partition coefficient (Wildman–Crippen LogP) is 5.91. The first kappa shape index (κ1) is 24.4. The summed E-state index contributed by atoms with van der Waals surface area (Å²) >= 11 is 0. The van der Waals surface area contributed by atoms with E-state index in [1.807, 2.05) is 24.5 Å². The minimum Gasteiger partial charge on any atom is -0.496 e. The Morgan fingerprint density at radius 1 is 1.00 bits per heavy atom. The number of benzene rings is 2. The number of nitrogens with zero attached hydrogens (tertiary/aromatic N) is 2. The maximum atomic E-state index is 12.4. The Kier molecular flexibility index (Phi) is 9.89. The van der Waals surface area contributed by atoms with Gasteiger partial charge >= 0.3 is 0 Å². The van der Waals surface area contributed by atoms with Gasteiger partial charge in [-0.25, -0.2) is 9.97 Å². The fraction of sp³-hybridized carbons (Fsp3) is 0.393. The number of carbonyl (C=O) groups excluding carboxylic acids is 1. The highest BCUT2D eigenvalue weighted by Crippen LogP contribution is 2.33. The van der Waals surface area contributed by atoms with Gasteiger partial charge in [-0.15, -0.1) is 0 Å². The predicted molar refractivity (Wildman–Crippen MR) is 135 cm³/mol. The van der Waals surface area contributed by atoms with Crippen LogP contribution in [0.4, 0.5) is 0 Å². The molecule has 0 aliphatic carbocycles. The second-order valence-corrected chi connectivity index (χ2v) is 8.33. The number of hydrogen-bond donors (Lipinski definition) is 1. The van der Waals surface area contributed by atoms with Crippen LogP contribution in [0.25, 0.3) is 16.8 Å². The Hall–Kier alpha value is -3.21. The molecule has 1 N–H and O–H groups in total. The lowest BCUT2D eigenvalue weighted by Gasteiger charge is -2.14. The Balaban J connectivity index is 1.51. The second kappa shape index (κ2) is 13.4. The number of aryl methyl sites for hydroxylation is 2. The van der Waals surface area contributed by atoms with E-state index in [4.69, 9.17) is 4.74 Å². The minimum atomic E-state index is -0.0509. The zero-order chi connectivity index (χ0) is 23.3. The van der Waals surface area contributed by atoms with E-state index < -0.39 is 0 Å². The molecule has 5 nitrogen and oxygen atoms in total. The van der Waals surface area contributed by atoms with Crippen molar-refractivity contribution in [2.45, 2.75) is 58.3 Å². The molecule has 0 atom stereocenters. The number of fused-ring (bicyclic) bond motifs is 1. The molecule has 3 rings (SSSR count). The van der Waals surface area contributed by atoms with Crippen molar-refractivity contribution in [3.8, 4) is 5.75 Å². The summed E-state index contributed by atoms with van der Waals surface area (Å²) in [4.78, 5) is 20.5. The van der Waals surface area contributed by atoms with E-state index in [2.05, 4.69) is 46.5 Å². The van der Waals surface area contributed by atoms with Crippen molar-refractivity contribution < 1.29 is 9.53 Å². The van der Waals surface area contributed by atoms with E-state index in [0.717, 1.165) is 68.1 Å². The summed E-state index contributed by atoms with van der Waals surface area (Å²) in [6.07, 6.45) is 17.4. The summed E-state index contributed by atoms with van der Waals surface area (Å²) < 4.78 is 5.63. The third kappa shape index (κ3) is 7.41. The fourth-order valence-corrected chi connectivity index (χ4v) is 4.08. The topological polar surface area (TPSA) is 64.1 Å². The second-order valence-electron chi connectivity index (χ2n) is 8.33. The fourth-order valence-electron chi connectivity index (χ4n) is 4.08. The largest absolute Gasteiger partial charge is 0.496 e. The number of nitrogens with one attached hydrogen (secondary N) is 1. The minimum absolute atomic E-state index is 0.0509. The molecule has 0 saturated carbocycles. The van der Waals surface area contributed by atoms with E-state index in [-0.39, 0.29) is 5.91 Å². The standard InChI is InChI=1S/C28H35N3O2/c1-3-4-12-24-23(18-27(33-2)26-14-9-8-13-25(24)26)15-16-28(32)31-17-10-6-5-7-11-22-19-29-21-30-20-22/h8-9,13-16,18-21H,3-7,10-12,17H2,1-2H3,(H,31,32). The number of amides is 1. The molecule has 0 aliphatic heterocycles. The summed E-state index contributed by atoms with van der Waals surface area (Å²) in [7, 11) is 1.70. The van der Waals surface area contributed by atoms with Crippen LogP contribution in [-0.2, 0) is 17.6 Å². The summed E-state index contributed by atoms with van der Waals surface area (Å²) in [6, 6.07) is 10.4. The van der Waals surface area contributed by atoms with Gasteiger partial charge in [-0.05, 0) is 66.3 Å². The van der Waals surface area contributed by atoms with Crippen molar-refractivity contribution in [2.75, 3.05) is 13.7 Å². The molecule has 33 heavy (non-hydrogen) atoms. The Labute approximate surface area is 197 Å². The molecule has 0 saturated heterocycles. The number of unbranched alkanes of at least 4 members (excludes halogenated alkanes) is 4. The number of methoxy groups -OCH3 is 1. The molecular formula is C28H35N3O2. The molecule has 2 aromatic carbocycles. The van der Waals surface area contributed by atoms with Crippen LogP contribution in [0.2, 0.25) is 0 Å². The van der Waals surface area contributed by atoms with E-state index in [1.54, 1.807) is 19.5 Å². The zero-order valence-corrected chi connectivity index (χ0v) is 19.8. The number of rotatable bonds is 13. The first-order chi connectivity index (χ1) is 16.2. The van der Waals surface area contributed by atoms with Gasteiger partial charge < -0.3 is 10.1 Å². The van der Waals surface area contributed by atoms with E-state index >= 15 is 0 Å². The molecule has 0 aliphatic rings. The molecule has 0 bridgehead atoms. The molecule has 1 aromatic heterocycles. The average Bonchev–Trinajstić information content (AvgIpc) is 2.86. The van der Waals surface area contributed by atoms with Crippen molar-refractivity contribution in [2.24, 2.45) is 0 Å². The first-order valence-electron chi connectivity index (χ1n) is 12.0. The van der Waals surface area contributed by atoms with Gasteiger partial charge in [0.05, 0.1) is 7.11 Å². The number of hydrogen-bond acceptors (Lipinski definition) is 4. The molecule has 0 unspecified atom stereocenters. The van der Waals surface area contributed by atoms with Crippen molar-refractivity contribution in [3.63, 3.8) is 0 Å². The Morgan fingerprint density at radius 2 is 1.76 bits per heavy atom. The van der Waals surface area contributed by atoms with Crippen LogP contribution in [0.3, 0.4) is 0 Å². The summed E-state index contributed by atoms with van der Waals surface area (Å²) in [5, 5.41) is 5.33. The molecule has 0 fully saturated rings. The molecule has 0 radical (unpaired) electrons. The van der Waals surface area contributed by atoms with Gasteiger partial charge in [0.25, 0.3) is 0 Å². The maximum absolute atomic E-state index is 12.4. The van der Waals surface area contributed by atoms with E-state index in [1.165, 1.54) is 16.5 Å². The Morgan fingerprint density at radius 3 is 2.52 bits per heavy atom. The normalized spacial score (nSPS) is 11.2. The van der Waals surface area contributed by atoms with Crippen LogP contribution >= 0.6 is 0 Å². The lowest BCUT2D eigenvalue weighted by Crippen LogP contribution is -2.22. The summed E-state index contributed by atoms with van der Waals surface area (Å²) in [5.41, 5.74) is 3.51. The average molecular weight is 446 g/mol. The van der Waals surface area contributed by atoms with Gasteiger partial charge in [0.2, 0.25) is 5.91 Å². The van der Waals surface area contributed by atoms with Gasteiger partial charge in [-0.3, -0.25) is 4.79 Å². The van der Waals surface area contributed by atoms with Crippen molar-refractivity contribution in [1.82, 2.24) is 15.3 Å². The van der Waals surface area contributed by atoms with Crippen LogP contribution in [0.15, 0.2) is 55.1 Å². The zero-order valence-electron chi connectivity index (χ0n) is 19.8. The quantitative estimate of drug-likeness (QED) is 0.262. The highest BCUT2D eigenvalue weighted by molar-refractivity contribution is 5.96. The molecule has 174 valence electrons. The van der Waals surface area contributed by atoms with Gasteiger partial charge in [0.15, 0.2) is 0 Å². The van der Waals surface area contributed by atoms with Crippen LogP contribution < -0.4 is 10.1 Å². The third-order valence-electron chi connectivity index (χ3n) is 5.87. The van der Waals surface area contributed by atoms with Crippen molar-refractivity contribution in [3.05, 3.63) is 71.8 Å². The number of aromatic nitrogens is 2. The molecule has 5 heteroatoms. The molecule has 3 aromatic rings. The van der Waals surface area contributed by atoms with Gasteiger partial charge in [0.1, 0.15) is 12.1 Å². The van der Waals surface area contributed by atoms with E-state index in [9.17, 15) is 4.79 Å². The van der Waals surface area contributed by atoms with Gasteiger partial charge in [-0.2, -0.15) is 0 Å². The molecule has 1 heterocycles. The smallest absolute Gasteiger partial charge is 0.243 e. The van der Waals surface area contributed by atoms with Gasteiger partial charge in [-0.1, -0.05) is 50.5 Å². The molecule has 1 amide bonds. The monoisotopic (exact) mass is 445 g/mol. The van der Waals surface area contributed by atoms with Crippen LogP contribution in [0, 0.1) is 0 Å². The lowest BCUT2D eigenvalue weighted by molar-refractivity contribution is -0.116. The highest BCUT2D eigenvalue weighted by atomic mass is 16.5. The number of carbonyl (C=O) groups is 1. The van der Waals surface area contributed by atoms with Crippen molar-refractivity contribution >= 4 is 22.8 Å². The van der Waals surface area contributed by atoms with Crippen LogP contribution in [0.1, 0.15) is 62.1 Å². The van der Waals surface area contributed by atoms with Gasteiger partial charge in [0, 0.05) is 30.4 Å². The summed E-state index contributed by atoms with van der Waals surface area (Å²) in [6.45, 7) is 2.89. The number of ether oxygens (including phenoxy) is 1. The SMILES string of the molecule is CCCCc1c(C=CC(=O)NCCCCCCc2cncnc2)cc(OC)c2ccccc12. The molecule has 0 spiro atoms. The summed E-state index contributed by atoms with van der Waals surface area (Å²) in [5.74, 6) is 0.790. The maximum Gasteiger partial charge on any atom is 0.243 e. The van der Waals surface area contributed by atoms with E-state index in [0.29, 0.717) is 6.54 Å². The third-order valence-corrected chi connectivity index (χ3v) is 5.87. The van der Waals surface area contributed by atoms with Crippen LogP contribution in [0.5, 0.6) is 5.75 Å². The van der Waals surface area contributed by atoms with Crippen molar-refractivity contribution in [1.29, 1.82) is 0 Å². The Bertz CT molecular complexity index is 1050. The van der Waals surface area contributed by atoms with Crippen LogP contribution in [-0.4, -0.2) is 29.5 Å².